The average Bonchev–Trinajstić information content (AvgIpc) is 3.48. The lowest BCUT2D eigenvalue weighted by atomic mass is 10.1. The summed E-state index contributed by atoms with van der Waals surface area (Å²) in [7, 11) is 0. The highest BCUT2D eigenvalue weighted by atomic mass is 19.1. The Bertz CT molecular complexity index is 582. The number of carbonyl (C=O) groups is 3. The molecule has 1 aliphatic rings. The fourth-order valence-electron chi connectivity index (χ4n) is 3.33. The maximum absolute atomic E-state index is 13.9. The standard InChI is InChI=1S/C23H39FN2O5/c24-18(13-9-5-1-3-7-11-15-27)22(30)25-19-17-20(19)26-23(31)21(29)14-10-6-2-4-8-12-16-28/h13,19-20,27-28H,1-12,14-17H2,(H,25,30)(H,26,31)/t19-,20-/m1/s1. The summed E-state index contributed by atoms with van der Waals surface area (Å²) in [5.41, 5.74) is 0. The van der Waals surface area contributed by atoms with E-state index in [1.807, 2.05) is 0 Å². The lowest BCUT2D eigenvalue weighted by molar-refractivity contribution is -0.138. The molecule has 1 fully saturated rings. The molecule has 0 aliphatic heterocycles. The van der Waals surface area contributed by atoms with Crippen LogP contribution in [0, 0.1) is 0 Å². The van der Waals surface area contributed by atoms with Crippen molar-refractivity contribution in [1.29, 1.82) is 0 Å². The van der Waals surface area contributed by atoms with Crippen LogP contribution < -0.4 is 10.6 Å². The zero-order valence-electron chi connectivity index (χ0n) is 18.5. The van der Waals surface area contributed by atoms with Crippen LogP contribution >= 0.6 is 0 Å². The molecule has 0 aromatic heterocycles. The maximum atomic E-state index is 13.9. The van der Waals surface area contributed by atoms with Crippen LogP contribution in [0.25, 0.3) is 0 Å². The zero-order valence-corrected chi connectivity index (χ0v) is 18.5. The number of nitrogens with one attached hydrogen (secondary N) is 2. The summed E-state index contributed by atoms with van der Waals surface area (Å²) in [4.78, 5) is 35.7. The molecule has 0 saturated heterocycles. The lowest BCUT2D eigenvalue weighted by Gasteiger charge is -2.06. The Hall–Kier alpha value is -1.80. The van der Waals surface area contributed by atoms with Gasteiger partial charge in [-0.2, -0.15) is 0 Å². The molecule has 178 valence electrons. The highest BCUT2D eigenvalue weighted by Gasteiger charge is 2.40. The van der Waals surface area contributed by atoms with Crippen molar-refractivity contribution in [2.24, 2.45) is 0 Å². The SMILES string of the molecule is O=C(CCCCCCCCO)C(=O)N[C@@H]1C[C@H]1NC(=O)C(F)=CCCCCCCCO. The Kier molecular flexibility index (Phi) is 14.8. The largest absolute Gasteiger partial charge is 0.396 e. The van der Waals surface area contributed by atoms with Crippen LogP contribution in [0.1, 0.15) is 89.9 Å². The highest BCUT2D eigenvalue weighted by Crippen LogP contribution is 2.22. The Morgan fingerprint density at radius 1 is 0.742 bits per heavy atom. The summed E-state index contributed by atoms with van der Waals surface area (Å²) < 4.78 is 13.9. The van der Waals surface area contributed by atoms with E-state index in [0.29, 0.717) is 19.3 Å². The normalized spacial score (nSPS) is 18.0. The summed E-state index contributed by atoms with van der Waals surface area (Å²) >= 11 is 0. The summed E-state index contributed by atoms with van der Waals surface area (Å²) in [6, 6.07) is -0.661. The van der Waals surface area contributed by atoms with Gasteiger partial charge in [0.05, 0.1) is 12.1 Å². The molecule has 0 aromatic rings. The molecule has 1 aliphatic carbocycles. The topological polar surface area (TPSA) is 116 Å². The molecule has 4 N–H and O–H groups in total. The van der Waals surface area contributed by atoms with Gasteiger partial charge in [0.15, 0.2) is 5.83 Å². The third kappa shape index (κ3) is 13.3. The number of ketones is 1. The minimum absolute atomic E-state index is 0.193. The molecule has 0 heterocycles. The predicted octanol–water partition coefficient (Wildman–Crippen LogP) is 2.84. The smallest absolute Gasteiger partial charge is 0.287 e. The number of hydrogen-bond donors (Lipinski definition) is 4. The molecular weight excluding hydrogens is 403 g/mol. The minimum atomic E-state index is -0.817. The fourth-order valence-corrected chi connectivity index (χ4v) is 3.33. The van der Waals surface area contributed by atoms with E-state index < -0.39 is 23.4 Å². The number of aliphatic hydroxyl groups is 2. The van der Waals surface area contributed by atoms with Crippen LogP contribution in [-0.2, 0) is 14.4 Å². The summed E-state index contributed by atoms with van der Waals surface area (Å²) in [6.45, 7) is 0.398. The second-order valence-electron chi connectivity index (χ2n) is 8.25. The number of carbonyl (C=O) groups excluding carboxylic acids is 3. The highest BCUT2D eigenvalue weighted by molar-refractivity contribution is 6.36. The van der Waals surface area contributed by atoms with Crippen molar-refractivity contribution in [1.82, 2.24) is 10.6 Å². The molecule has 0 bridgehead atoms. The van der Waals surface area contributed by atoms with Crippen molar-refractivity contribution < 1.29 is 29.0 Å². The van der Waals surface area contributed by atoms with Gasteiger partial charge in [-0.3, -0.25) is 14.4 Å². The third-order valence-corrected chi connectivity index (χ3v) is 5.39. The molecule has 2 amide bonds. The van der Waals surface area contributed by atoms with E-state index in [1.165, 1.54) is 6.08 Å². The monoisotopic (exact) mass is 442 g/mol. The quantitative estimate of drug-likeness (QED) is 0.139. The van der Waals surface area contributed by atoms with E-state index in [1.54, 1.807) is 0 Å². The van der Waals surface area contributed by atoms with Crippen LogP contribution in [-0.4, -0.2) is 53.1 Å². The molecule has 1 rings (SSSR count). The van der Waals surface area contributed by atoms with Gasteiger partial charge in [-0.05, 0) is 44.6 Å². The van der Waals surface area contributed by atoms with Crippen molar-refractivity contribution in [3.05, 3.63) is 11.9 Å². The van der Waals surface area contributed by atoms with Gasteiger partial charge in [0.1, 0.15) is 0 Å². The molecule has 8 heteroatoms. The number of hydrogen-bond acceptors (Lipinski definition) is 5. The van der Waals surface area contributed by atoms with Crippen LogP contribution in [0.5, 0.6) is 0 Å². The van der Waals surface area contributed by atoms with E-state index in [0.717, 1.165) is 64.2 Å². The molecule has 2 atom stereocenters. The van der Waals surface area contributed by atoms with E-state index in [2.05, 4.69) is 10.6 Å². The number of rotatable bonds is 19. The number of amides is 2. The van der Waals surface area contributed by atoms with Gasteiger partial charge in [-0.25, -0.2) is 4.39 Å². The second-order valence-corrected chi connectivity index (χ2v) is 8.25. The van der Waals surface area contributed by atoms with Crippen molar-refractivity contribution in [2.45, 2.75) is 102 Å². The zero-order chi connectivity index (χ0) is 22.9. The first-order valence-corrected chi connectivity index (χ1v) is 11.7. The Morgan fingerprint density at radius 2 is 1.23 bits per heavy atom. The van der Waals surface area contributed by atoms with Gasteiger partial charge in [0, 0.05) is 19.6 Å². The van der Waals surface area contributed by atoms with Crippen LogP contribution in [0.15, 0.2) is 11.9 Å². The molecular formula is C23H39FN2O5. The average molecular weight is 443 g/mol. The Balaban J connectivity index is 2.11. The summed E-state index contributed by atoms with van der Waals surface area (Å²) in [5.74, 6) is -2.70. The lowest BCUT2D eigenvalue weighted by Crippen LogP contribution is -2.38. The molecule has 1 saturated carbocycles. The van der Waals surface area contributed by atoms with Gasteiger partial charge >= 0.3 is 0 Å². The molecule has 0 radical (unpaired) electrons. The number of unbranched alkanes of at least 4 members (excludes halogenated alkanes) is 10. The van der Waals surface area contributed by atoms with Gasteiger partial charge < -0.3 is 20.8 Å². The molecule has 31 heavy (non-hydrogen) atoms. The Morgan fingerprint density at radius 3 is 1.81 bits per heavy atom. The van der Waals surface area contributed by atoms with E-state index in [4.69, 9.17) is 10.2 Å². The van der Waals surface area contributed by atoms with Crippen molar-refractivity contribution in [2.75, 3.05) is 13.2 Å². The van der Waals surface area contributed by atoms with Crippen LogP contribution in [0.4, 0.5) is 4.39 Å². The van der Waals surface area contributed by atoms with Gasteiger partial charge in [0.25, 0.3) is 11.8 Å². The summed E-state index contributed by atoms with van der Waals surface area (Å²) in [5, 5.41) is 22.5. The third-order valence-electron chi connectivity index (χ3n) is 5.39. The van der Waals surface area contributed by atoms with Gasteiger partial charge in [-0.1, -0.05) is 44.9 Å². The van der Waals surface area contributed by atoms with E-state index in [9.17, 15) is 18.8 Å². The number of Topliss-reactive ketones (excluding diaryl/α,β-unsaturated/α-hetero) is 1. The Labute approximate surface area is 184 Å². The molecule has 0 spiro atoms. The molecule has 7 nitrogen and oxygen atoms in total. The minimum Gasteiger partial charge on any atom is -0.396 e. The van der Waals surface area contributed by atoms with Crippen molar-refractivity contribution in [3.63, 3.8) is 0 Å². The number of halogens is 1. The number of aliphatic hydroxyl groups excluding tert-OH is 2. The maximum Gasteiger partial charge on any atom is 0.287 e. The van der Waals surface area contributed by atoms with Crippen molar-refractivity contribution in [3.8, 4) is 0 Å². The van der Waals surface area contributed by atoms with Crippen LogP contribution in [0.2, 0.25) is 0 Å². The predicted molar refractivity (Wildman–Crippen MR) is 117 cm³/mol. The van der Waals surface area contributed by atoms with Gasteiger partial charge in [0.2, 0.25) is 5.78 Å². The fraction of sp³-hybridized carbons (Fsp3) is 0.783. The molecule has 0 aromatic carbocycles. The second kappa shape index (κ2) is 16.8. The van der Waals surface area contributed by atoms with E-state index >= 15 is 0 Å². The van der Waals surface area contributed by atoms with E-state index in [-0.39, 0.29) is 31.7 Å². The van der Waals surface area contributed by atoms with Crippen molar-refractivity contribution >= 4 is 17.6 Å². The summed E-state index contributed by atoms with van der Waals surface area (Å²) in [6.07, 6.45) is 12.2. The first kappa shape index (κ1) is 27.2. The first-order chi connectivity index (χ1) is 15.0. The first-order valence-electron chi connectivity index (χ1n) is 11.7. The number of allylic oxidation sites excluding steroid dienone is 1. The molecule has 0 unspecified atom stereocenters. The van der Waals surface area contributed by atoms with Crippen LogP contribution in [0.3, 0.4) is 0 Å². The van der Waals surface area contributed by atoms with Gasteiger partial charge in [-0.15, -0.1) is 0 Å².